The molecule has 0 spiro atoms. The lowest BCUT2D eigenvalue weighted by Crippen LogP contribution is -2.19. The molecule has 0 bridgehead atoms. The summed E-state index contributed by atoms with van der Waals surface area (Å²) in [7, 11) is 0. The Morgan fingerprint density at radius 3 is 2.54 bits per heavy atom. The molecule has 3 rings (SSSR count). The molecule has 26 heavy (non-hydrogen) atoms. The number of nitrogens with zero attached hydrogens (tertiary/aromatic N) is 1. The maximum atomic E-state index is 12.5. The lowest BCUT2D eigenvalue weighted by Gasteiger charge is -2.15. The summed E-state index contributed by atoms with van der Waals surface area (Å²) in [6.45, 7) is 4.17. The van der Waals surface area contributed by atoms with Crippen LogP contribution >= 0.6 is 12.4 Å². The predicted molar refractivity (Wildman–Crippen MR) is 107 cm³/mol. The Balaban J connectivity index is 0.00000243. The van der Waals surface area contributed by atoms with Crippen molar-refractivity contribution in [3.63, 3.8) is 0 Å². The summed E-state index contributed by atoms with van der Waals surface area (Å²) in [4.78, 5) is 14.9. The number of benzene rings is 2. The third-order valence-electron chi connectivity index (χ3n) is 4.29. The van der Waals surface area contributed by atoms with Crippen molar-refractivity contribution >= 4 is 24.0 Å². The van der Waals surface area contributed by atoms with Gasteiger partial charge in [0.15, 0.2) is 0 Å². The summed E-state index contributed by atoms with van der Waals surface area (Å²) in [6, 6.07) is 15.2. The quantitative estimate of drug-likeness (QED) is 0.779. The van der Waals surface area contributed by atoms with E-state index >= 15 is 0 Å². The molecule has 1 fully saturated rings. The monoisotopic (exact) mass is 375 g/mol. The minimum Gasteiger partial charge on any atom is -0.492 e. The van der Waals surface area contributed by atoms with Crippen LogP contribution in [0, 0.1) is 0 Å². The van der Waals surface area contributed by atoms with Crippen LogP contribution in [0.3, 0.4) is 0 Å². The third-order valence-corrected chi connectivity index (χ3v) is 4.29. The van der Waals surface area contributed by atoms with E-state index in [1.54, 1.807) is 0 Å². The summed E-state index contributed by atoms with van der Waals surface area (Å²) >= 11 is 0. The number of anilines is 1. The number of ether oxygens (including phenoxy) is 1. The molecule has 140 valence electrons. The average molecular weight is 376 g/mol. The summed E-state index contributed by atoms with van der Waals surface area (Å²) < 4.78 is 5.44. The number of hydrogen-bond donors (Lipinski definition) is 2. The SMILES string of the molecule is Cl.NCCOc1ccc(NC(=O)c2cccc(CN3CCCC3)c2)cc1. The lowest BCUT2D eigenvalue weighted by molar-refractivity contribution is 0.102. The number of likely N-dealkylation sites (tertiary alicyclic amines) is 1. The van der Waals surface area contributed by atoms with Crippen LogP contribution in [-0.4, -0.2) is 37.0 Å². The van der Waals surface area contributed by atoms with Crippen molar-refractivity contribution in [2.45, 2.75) is 19.4 Å². The van der Waals surface area contributed by atoms with Crippen molar-refractivity contribution in [2.24, 2.45) is 5.73 Å². The maximum absolute atomic E-state index is 12.5. The van der Waals surface area contributed by atoms with E-state index in [-0.39, 0.29) is 18.3 Å². The molecule has 0 saturated carbocycles. The molecule has 2 aromatic carbocycles. The van der Waals surface area contributed by atoms with Gasteiger partial charge in [-0.1, -0.05) is 12.1 Å². The molecule has 1 aliphatic heterocycles. The Morgan fingerprint density at radius 1 is 1.12 bits per heavy atom. The van der Waals surface area contributed by atoms with Crippen molar-refractivity contribution in [2.75, 3.05) is 31.6 Å². The Hall–Kier alpha value is -2.08. The van der Waals surface area contributed by atoms with E-state index in [9.17, 15) is 4.79 Å². The molecular weight excluding hydrogens is 350 g/mol. The van der Waals surface area contributed by atoms with Crippen LogP contribution in [0.2, 0.25) is 0 Å². The highest BCUT2D eigenvalue weighted by Crippen LogP contribution is 2.18. The van der Waals surface area contributed by atoms with Crippen molar-refractivity contribution in [3.8, 4) is 5.75 Å². The van der Waals surface area contributed by atoms with Gasteiger partial charge in [0.05, 0.1) is 0 Å². The van der Waals surface area contributed by atoms with Crippen LogP contribution in [-0.2, 0) is 6.54 Å². The molecule has 1 aliphatic rings. The van der Waals surface area contributed by atoms with Gasteiger partial charge >= 0.3 is 0 Å². The van der Waals surface area contributed by atoms with Crippen LogP contribution in [0.4, 0.5) is 5.69 Å². The summed E-state index contributed by atoms with van der Waals surface area (Å²) in [5.41, 5.74) is 8.02. The van der Waals surface area contributed by atoms with Gasteiger partial charge in [0, 0.05) is 24.3 Å². The van der Waals surface area contributed by atoms with Gasteiger partial charge in [-0.3, -0.25) is 9.69 Å². The van der Waals surface area contributed by atoms with Gasteiger partial charge < -0.3 is 15.8 Å². The number of nitrogens with one attached hydrogen (secondary N) is 1. The van der Waals surface area contributed by atoms with E-state index in [1.165, 1.54) is 18.4 Å². The Kier molecular flexibility index (Phi) is 7.91. The summed E-state index contributed by atoms with van der Waals surface area (Å²) in [5.74, 6) is 0.648. The largest absolute Gasteiger partial charge is 0.492 e. The van der Waals surface area contributed by atoms with Gasteiger partial charge in [0.1, 0.15) is 12.4 Å². The van der Waals surface area contributed by atoms with Crippen LogP contribution in [0.15, 0.2) is 48.5 Å². The zero-order chi connectivity index (χ0) is 17.5. The standard InChI is InChI=1S/C20H25N3O2.ClH/c21-10-13-25-19-8-6-18(7-9-19)22-20(24)17-5-3-4-16(14-17)15-23-11-1-2-12-23;/h3-9,14H,1-2,10-13,15,21H2,(H,22,24);1H. The fraction of sp³-hybridized carbons (Fsp3) is 0.350. The van der Waals surface area contributed by atoms with Gasteiger partial charge in [0.25, 0.3) is 5.91 Å². The Bertz CT molecular complexity index is 700. The molecule has 2 aromatic rings. The molecule has 1 saturated heterocycles. The smallest absolute Gasteiger partial charge is 0.255 e. The highest BCUT2D eigenvalue weighted by atomic mass is 35.5. The second-order valence-corrected chi connectivity index (χ2v) is 6.30. The number of hydrogen-bond acceptors (Lipinski definition) is 4. The minimum absolute atomic E-state index is 0. The molecule has 0 aromatic heterocycles. The van der Waals surface area contributed by atoms with E-state index < -0.39 is 0 Å². The first-order chi connectivity index (χ1) is 12.2. The van der Waals surface area contributed by atoms with E-state index in [0.29, 0.717) is 18.7 Å². The van der Waals surface area contributed by atoms with Gasteiger partial charge in [-0.15, -0.1) is 12.4 Å². The molecule has 0 unspecified atom stereocenters. The number of carbonyl (C=O) groups excluding carboxylic acids is 1. The molecule has 3 N–H and O–H groups in total. The van der Waals surface area contributed by atoms with Crippen LogP contribution in [0.5, 0.6) is 5.75 Å². The number of amides is 1. The highest BCUT2D eigenvalue weighted by Gasteiger charge is 2.13. The summed E-state index contributed by atoms with van der Waals surface area (Å²) in [5, 5.41) is 2.93. The first-order valence-electron chi connectivity index (χ1n) is 8.80. The predicted octanol–water partition coefficient (Wildman–Crippen LogP) is 3.29. The zero-order valence-electron chi connectivity index (χ0n) is 14.8. The fourth-order valence-electron chi connectivity index (χ4n) is 3.02. The fourth-order valence-corrected chi connectivity index (χ4v) is 3.02. The van der Waals surface area contributed by atoms with Crippen molar-refractivity contribution in [1.29, 1.82) is 0 Å². The average Bonchev–Trinajstić information content (AvgIpc) is 3.14. The van der Waals surface area contributed by atoms with Gasteiger partial charge in [-0.25, -0.2) is 0 Å². The highest BCUT2D eigenvalue weighted by molar-refractivity contribution is 6.04. The first kappa shape index (κ1) is 20.2. The van der Waals surface area contributed by atoms with Crippen molar-refractivity contribution in [1.82, 2.24) is 4.90 Å². The second kappa shape index (κ2) is 10.2. The van der Waals surface area contributed by atoms with Crippen molar-refractivity contribution < 1.29 is 9.53 Å². The number of rotatable bonds is 7. The zero-order valence-corrected chi connectivity index (χ0v) is 15.6. The topological polar surface area (TPSA) is 67.6 Å². The van der Waals surface area contributed by atoms with Crippen LogP contribution in [0.1, 0.15) is 28.8 Å². The van der Waals surface area contributed by atoms with E-state index in [0.717, 1.165) is 31.1 Å². The molecule has 0 radical (unpaired) electrons. The van der Waals surface area contributed by atoms with Crippen LogP contribution in [0.25, 0.3) is 0 Å². The first-order valence-corrected chi connectivity index (χ1v) is 8.80. The molecule has 0 aliphatic carbocycles. The molecule has 5 nitrogen and oxygen atoms in total. The number of carbonyl (C=O) groups is 1. The Labute approximate surface area is 160 Å². The molecule has 0 atom stereocenters. The van der Waals surface area contributed by atoms with Crippen molar-refractivity contribution in [3.05, 3.63) is 59.7 Å². The number of nitrogens with two attached hydrogens (primary N) is 1. The molecule has 6 heteroatoms. The number of halogens is 1. The van der Waals surface area contributed by atoms with Gasteiger partial charge in [-0.2, -0.15) is 0 Å². The summed E-state index contributed by atoms with van der Waals surface area (Å²) in [6.07, 6.45) is 2.54. The molecular formula is C20H26ClN3O2. The van der Waals surface area contributed by atoms with E-state index in [4.69, 9.17) is 10.5 Å². The minimum atomic E-state index is -0.0982. The van der Waals surface area contributed by atoms with Gasteiger partial charge in [0.2, 0.25) is 0 Å². The second-order valence-electron chi connectivity index (χ2n) is 6.30. The Morgan fingerprint density at radius 2 is 1.85 bits per heavy atom. The van der Waals surface area contributed by atoms with Gasteiger partial charge in [-0.05, 0) is 67.9 Å². The third kappa shape index (κ3) is 5.73. The molecule has 1 heterocycles. The maximum Gasteiger partial charge on any atom is 0.255 e. The van der Waals surface area contributed by atoms with E-state index in [2.05, 4.69) is 16.3 Å². The normalized spacial score (nSPS) is 13.9. The molecule has 1 amide bonds. The lowest BCUT2D eigenvalue weighted by atomic mass is 10.1. The van der Waals surface area contributed by atoms with E-state index in [1.807, 2.05) is 42.5 Å². The van der Waals surface area contributed by atoms with Crippen LogP contribution < -0.4 is 15.8 Å².